The summed E-state index contributed by atoms with van der Waals surface area (Å²) in [4.78, 5) is 2.20. The van der Waals surface area contributed by atoms with Gasteiger partial charge in [-0.2, -0.15) is 0 Å². The van der Waals surface area contributed by atoms with Crippen molar-refractivity contribution >= 4 is 22.1 Å². The summed E-state index contributed by atoms with van der Waals surface area (Å²) >= 11 is 0. The van der Waals surface area contributed by atoms with E-state index in [1.54, 1.807) is 6.08 Å². The summed E-state index contributed by atoms with van der Waals surface area (Å²) in [5, 5.41) is 2.56. The van der Waals surface area contributed by atoms with E-state index < -0.39 is 0 Å². The van der Waals surface area contributed by atoms with E-state index in [-0.39, 0.29) is 0 Å². The fourth-order valence-corrected chi connectivity index (χ4v) is 2.19. The summed E-state index contributed by atoms with van der Waals surface area (Å²) in [7, 11) is 2.10. The highest BCUT2D eigenvalue weighted by molar-refractivity contribution is 5.86. The first kappa shape index (κ1) is 14.9. The number of para-hydroxylation sites is 1. The average molecular weight is 275 g/mol. The fourth-order valence-electron chi connectivity index (χ4n) is 2.19. The normalized spacial score (nSPS) is 9.62. The van der Waals surface area contributed by atoms with Gasteiger partial charge >= 0.3 is 0 Å². The molecule has 0 radical (unpaired) electrons. The molecule has 1 heteroatoms. The van der Waals surface area contributed by atoms with Crippen LogP contribution in [0.25, 0.3) is 10.8 Å². The van der Waals surface area contributed by atoms with Crippen molar-refractivity contribution in [3.05, 3.63) is 85.5 Å². The van der Waals surface area contributed by atoms with Gasteiger partial charge in [-0.25, -0.2) is 0 Å². The molecular weight excluding hydrogens is 254 g/mol. The Morgan fingerprint density at radius 3 is 2.00 bits per heavy atom. The number of fused-ring (bicyclic) bond motifs is 1. The topological polar surface area (TPSA) is 3.24 Å². The highest BCUT2D eigenvalue weighted by atomic mass is 15.1. The maximum absolute atomic E-state index is 3.36. The Labute approximate surface area is 127 Å². The molecule has 0 atom stereocenters. The van der Waals surface area contributed by atoms with Crippen molar-refractivity contribution in [2.45, 2.75) is 6.92 Å². The molecule has 0 fully saturated rings. The van der Waals surface area contributed by atoms with Crippen molar-refractivity contribution in [1.29, 1.82) is 0 Å². The van der Waals surface area contributed by atoms with E-state index in [1.807, 2.05) is 13.0 Å². The summed E-state index contributed by atoms with van der Waals surface area (Å²) < 4.78 is 0. The number of rotatable bonds is 2. The highest BCUT2D eigenvalue weighted by Gasteiger charge is 2.03. The molecule has 0 aromatic heterocycles. The van der Waals surface area contributed by atoms with E-state index in [4.69, 9.17) is 0 Å². The van der Waals surface area contributed by atoms with E-state index in [0.717, 1.165) is 0 Å². The molecule has 0 aliphatic carbocycles. The van der Waals surface area contributed by atoms with E-state index in [1.165, 1.54) is 22.1 Å². The summed E-state index contributed by atoms with van der Waals surface area (Å²) in [6, 6.07) is 25.4. The average Bonchev–Trinajstić information content (AvgIpc) is 2.55. The van der Waals surface area contributed by atoms with Gasteiger partial charge in [-0.3, -0.25) is 0 Å². The Morgan fingerprint density at radius 2 is 1.33 bits per heavy atom. The monoisotopic (exact) mass is 275 g/mol. The van der Waals surface area contributed by atoms with Gasteiger partial charge in [0.2, 0.25) is 0 Å². The SMILES string of the molecule is C=CC.CN(c1ccccc1)c1ccc2ccccc2c1. The van der Waals surface area contributed by atoms with Crippen LogP contribution in [0.15, 0.2) is 85.5 Å². The second-order valence-electron chi connectivity index (χ2n) is 4.83. The Morgan fingerprint density at radius 1 is 0.762 bits per heavy atom. The second kappa shape index (κ2) is 7.30. The van der Waals surface area contributed by atoms with Crippen molar-refractivity contribution in [3.8, 4) is 0 Å². The molecule has 0 spiro atoms. The quantitative estimate of drug-likeness (QED) is 0.534. The van der Waals surface area contributed by atoms with Crippen LogP contribution in [0.5, 0.6) is 0 Å². The molecule has 3 aromatic carbocycles. The van der Waals surface area contributed by atoms with Gasteiger partial charge in [0.1, 0.15) is 0 Å². The minimum Gasteiger partial charge on any atom is -0.345 e. The summed E-state index contributed by atoms with van der Waals surface area (Å²) in [5.74, 6) is 0. The lowest BCUT2D eigenvalue weighted by atomic mass is 10.1. The molecule has 0 N–H and O–H groups in total. The third-order valence-electron chi connectivity index (χ3n) is 3.26. The first-order valence-electron chi connectivity index (χ1n) is 7.11. The van der Waals surface area contributed by atoms with Gasteiger partial charge in [-0.05, 0) is 42.0 Å². The highest BCUT2D eigenvalue weighted by Crippen LogP contribution is 2.26. The van der Waals surface area contributed by atoms with Crippen LogP contribution in [-0.4, -0.2) is 7.05 Å². The third-order valence-corrected chi connectivity index (χ3v) is 3.26. The number of benzene rings is 3. The van der Waals surface area contributed by atoms with Crippen LogP contribution in [0.4, 0.5) is 11.4 Å². The van der Waals surface area contributed by atoms with Crippen molar-refractivity contribution < 1.29 is 0 Å². The van der Waals surface area contributed by atoms with Crippen molar-refractivity contribution in [1.82, 2.24) is 0 Å². The predicted molar refractivity (Wildman–Crippen MR) is 94.3 cm³/mol. The van der Waals surface area contributed by atoms with Gasteiger partial charge in [-0.15, -0.1) is 6.58 Å². The van der Waals surface area contributed by atoms with Gasteiger partial charge in [0.05, 0.1) is 0 Å². The standard InChI is InChI=1S/C17H15N.C3H6/c1-18(16-9-3-2-4-10-16)17-12-11-14-7-5-6-8-15(14)13-17;1-3-2/h2-13H,1H3;3H,1H2,2H3. The van der Waals surface area contributed by atoms with Crippen LogP contribution in [0, 0.1) is 0 Å². The van der Waals surface area contributed by atoms with E-state index in [9.17, 15) is 0 Å². The summed E-state index contributed by atoms with van der Waals surface area (Å²) in [5.41, 5.74) is 2.41. The van der Waals surface area contributed by atoms with E-state index in [2.05, 4.69) is 85.3 Å². The predicted octanol–water partition coefficient (Wildman–Crippen LogP) is 5.80. The molecule has 0 bridgehead atoms. The maximum atomic E-state index is 3.36. The van der Waals surface area contributed by atoms with Crippen LogP contribution >= 0.6 is 0 Å². The minimum atomic E-state index is 1.20. The molecule has 1 nitrogen and oxygen atoms in total. The van der Waals surface area contributed by atoms with Crippen molar-refractivity contribution in [2.24, 2.45) is 0 Å². The zero-order valence-electron chi connectivity index (χ0n) is 12.7. The zero-order valence-corrected chi connectivity index (χ0v) is 12.7. The molecule has 0 unspecified atom stereocenters. The van der Waals surface area contributed by atoms with E-state index in [0.29, 0.717) is 0 Å². The summed E-state index contributed by atoms with van der Waals surface area (Å²) in [6.07, 6.45) is 1.75. The molecule has 0 aliphatic heterocycles. The molecule has 3 aromatic rings. The lowest BCUT2D eigenvalue weighted by molar-refractivity contribution is 1.21. The van der Waals surface area contributed by atoms with Gasteiger partial charge in [0, 0.05) is 18.4 Å². The van der Waals surface area contributed by atoms with Crippen LogP contribution in [-0.2, 0) is 0 Å². The van der Waals surface area contributed by atoms with Crippen molar-refractivity contribution in [2.75, 3.05) is 11.9 Å². The maximum Gasteiger partial charge on any atom is 0.0414 e. The van der Waals surface area contributed by atoms with Gasteiger partial charge < -0.3 is 4.90 Å². The minimum absolute atomic E-state index is 1.20. The van der Waals surface area contributed by atoms with Crippen LogP contribution in [0.2, 0.25) is 0 Å². The third kappa shape index (κ3) is 3.73. The first-order valence-corrected chi connectivity index (χ1v) is 7.11. The fraction of sp³-hybridized carbons (Fsp3) is 0.100. The molecule has 106 valence electrons. The Hall–Kier alpha value is -2.54. The molecular formula is C20H21N. The van der Waals surface area contributed by atoms with Crippen molar-refractivity contribution in [3.63, 3.8) is 0 Å². The molecule has 21 heavy (non-hydrogen) atoms. The number of allylic oxidation sites excluding steroid dienone is 1. The lowest BCUT2D eigenvalue weighted by Gasteiger charge is -2.19. The lowest BCUT2D eigenvalue weighted by Crippen LogP contribution is -2.08. The largest absolute Gasteiger partial charge is 0.345 e. The van der Waals surface area contributed by atoms with Crippen LogP contribution in [0.1, 0.15) is 6.92 Å². The Kier molecular flexibility index (Phi) is 5.16. The van der Waals surface area contributed by atoms with E-state index >= 15 is 0 Å². The zero-order chi connectivity index (χ0) is 15.1. The molecule has 0 saturated heterocycles. The number of nitrogens with zero attached hydrogens (tertiary/aromatic N) is 1. The number of hydrogen-bond acceptors (Lipinski definition) is 1. The molecule has 0 amide bonds. The summed E-state index contributed by atoms with van der Waals surface area (Å²) in [6.45, 7) is 5.25. The molecule has 0 saturated carbocycles. The van der Waals surface area contributed by atoms with Gasteiger partial charge in [0.25, 0.3) is 0 Å². The smallest absolute Gasteiger partial charge is 0.0414 e. The Balaban J connectivity index is 0.000000497. The van der Waals surface area contributed by atoms with Crippen LogP contribution < -0.4 is 4.90 Å². The number of anilines is 2. The van der Waals surface area contributed by atoms with Gasteiger partial charge in [0.15, 0.2) is 0 Å². The molecule has 0 aliphatic rings. The molecule has 3 rings (SSSR count). The van der Waals surface area contributed by atoms with Gasteiger partial charge in [-0.1, -0.05) is 54.6 Å². The second-order valence-corrected chi connectivity index (χ2v) is 4.83. The molecule has 0 heterocycles. The Bertz CT molecular complexity index is 701. The van der Waals surface area contributed by atoms with Crippen LogP contribution in [0.3, 0.4) is 0 Å². The first-order chi connectivity index (χ1) is 10.3. The number of hydrogen-bond donors (Lipinski definition) is 0.